The third-order valence-corrected chi connectivity index (χ3v) is 6.93. The van der Waals surface area contributed by atoms with E-state index in [1.165, 1.54) is 0 Å². The predicted molar refractivity (Wildman–Crippen MR) is 131 cm³/mol. The number of thioether (sulfide) groups is 1. The van der Waals surface area contributed by atoms with Gasteiger partial charge >= 0.3 is 0 Å². The molecule has 0 aromatic heterocycles. The first-order chi connectivity index (χ1) is 14.7. The minimum absolute atomic E-state index is 0.0243. The van der Waals surface area contributed by atoms with E-state index >= 15 is 0 Å². The molecule has 0 fully saturated rings. The number of hydrogen-bond acceptors (Lipinski definition) is 3. The van der Waals surface area contributed by atoms with E-state index in [0.717, 1.165) is 11.3 Å². The van der Waals surface area contributed by atoms with Crippen LogP contribution in [-0.4, -0.2) is 34.6 Å². The van der Waals surface area contributed by atoms with Gasteiger partial charge < -0.3 is 10.2 Å². The maximum absolute atomic E-state index is 13.1. The van der Waals surface area contributed by atoms with E-state index in [1.807, 2.05) is 38.1 Å². The molecule has 0 spiro atoms. The zero-order valence-electron chi connectivity index (χ0n) is 17.8. The van der Waals surface area contributed by atoms with Crippen molar-refractivity contribution in [1.29, 1.82) is 0 Å². The van der Waals surface area contributed by atoms with Crippen LogP contribution in [0.2, 0.25) is 15.1 Å². The minimum atomic E-state index is -0.658. The largest absolute Gasteiger partial charge is 0.352 e. The molecule has 0 radical (unpaired) electrons. The monoisotopic (exact) mass is 500 g/mol. The molecule has 168 valence electrons. The number of benzene rings is 2. The van der Waals surface area contributed by atoms with Gasteiger partial charge in [0.15, 0.2) is 0 Å². The summed E-state index contributed by atoms with van der Waals surface area (Å²) in [5.41, 5.74) is 0.632. The number of carbonyl (C=O) groups is 2. The van der Waals surface area contributed by atoms with E-state index < -0.39 is 6.04 Å². The van der Waals surface area contributed by atoms with Crippen LogP contribution in [0.5, 0.6) is 0 Å². The molecule has 0 saturated heterocycles. The van der Waals surface area contributed by atoms with Gasteiger partial charge in [-0.15, -0.1) is 11.8 Å². The van der Waals surface area contributed by atoms with Gasteiger partial charge in [0.25, 0.3) is 0 Å². The molecule has 0 saturated carbocycles. The fourth-order valence-electron chi connectivity index (χ4n) is 2.83. The van der Waals surface area contributed by atoms with Crippen molar-refractivity contribution in [3.8, 4) is 0 Å². The highest BCUT2D eigenvalue weighted by Gasteiger charge is 2.27. The lowest BCUT2D eigenvalue weighted by atomic mass is 10.1. The van der Waals surface area contributed by atoms with Crippen molar-refractivity contribution in [1.82, 2.24) is 10.2 Å². The second-order valence-electron chi connectivity index (χ2n) is 7.27. The van der Waals surface area contributed by atoms with Gasteiger partial charge in [-0.25, -0.2) is 0 Å². The van der Waals surface area contributed by atoms with Crippen LogP contribution in [0.3, 0.4) is 0 Å². The summed E-state index contributed by atoms with van der Waals surface area (Å²) in [6, 6.07) is 12.0. The molecule has 4 nitrogen and oxygen atoms in total. The number of nitrogens with zero attached hydrogens (tertiary/aromatic N) is 1. The average molecular weight is 502 g/mol. The van der Waals surface area contributed by atoms with Crippen LogP contribution in [-0.2, 0) is 16.1 Å². The topological polar surface area (TPSA) is 49.4 Å². The van der Waals surface area contributed by atoms with Crippen molar-refractivity contribution < 1.29 is 9.59 Å². The highest BCUT2D eigenvalue weighted by Crippen LogP contribution is 2.27. The van der Waals surface area contributed by atoms with Crippen LogP contribution >= 0.6 is 46.6 Å². The molecule has 2 aromatic rings. The molecule has 2 atom stereocenters. The summed E-state index contributed by atoms with van der Waals surface area (Å²) < 4.78 is 0. The average Bonchev–Trinajstić information content (AvgIpc) is 2.74. The fourth-order valence-corrected chi connectivity index (χ4v) is 4.32. The molecular weight excluding hydrogens is 475 g/mol. The van der Waals surface area contributed by atoms with Gasteiger partial charge in [-0.3, -0.25) is 9.59 Å². The van der Waals surface area contributed by atoms with Crippen LogP contribution in [0, 0.1) is 0 Å². The first kappa shape index (κ1) is 25.9. The van der Waals surface area contributed by atoms with E-state index in [4.69, 9.17) is 34.8 Å². The van der Waals surface area contributed by atoms with Gasteiger partial charge in [-0.2, -0.15) is 0 Å². The lowest BCUT2D eigenvalue weighted by molar-refractivity contribution is -0.140. The van der Waals surface area contributed by atoms with Crippen molar-refractivity contribution in [2.75, 3.05) is 5.75 Å². The number of amides is 2. The Balaban J connectivity index is 2.14. The number of halogens is 3. The minimum Gasteiger partial charge on any atom is -0.352 e. The Morgan fingerprint density at radius 1 is 1.03 bits per heavy atom. The summed E-state index contributed by atoms with van der Waals surface area (Å²) >= 11 is 20.1. The Morgan fingerprint density at radius 2 is 1.65 bits per heavy atom. The van der Waals surface area contributed by atoms with Crippen LogP contribution in [0.4, 0.5) is 0 Å². The lowest BCUT2D eigenvalue weighted by Crippen LogP contribution is -2.49. The van der Waals surface area contributed by atoms with Crippen LogP contribution in [0.25, 0.3) is 0 Å². The van der Waals surface area contributed by atoms with Crippen LogP contribution in [0.15, 0.2) is 47.4 Å². The summed E-state index contributed by atoms with van der Waals surface area (Å²) in [5, 5.41) is 4.56. The summed E-state index contributed by atoms with van der Waals surface area (Å²) in [4.78, 5) is 28.5. The zero-order chi connectivity index (χ0) is 23.0. The molecule has 31 heavy (non-hydrogen) atoms. The van der Waals surface area contributed by atoms with E-state index in [-0.39, 0.29) is 30.8 Å². The van der Waals surface area contributed by atoms with Crippen LogP contribution in [0.1, 0.15) is 39.2 Å². The van der Waals surface area contributed by atoms with Crippen molar-refractivity contribution >= 4 is 58.4 Å². The predicted octanol–water partition coefficient (Wildman–Crippen LogP) is 6.46. The maximum atomic E-state index is 13.1. The van der Waals surface area contributed by atoms with E-state index in [2.05, 4.69) is 5.32 Å². The molecule has 2 aromatic carbocycles. The van der Waals surface area contributed by atoms with Gasteiger partial charge in [-0.05, 0) is 56.7 Å². The summed E-state index contributed by atoms with van der Waals surface area (Å²) in [5.74, 6) is 0.243. The van der Waals surface area contributed by atoms with Crippen molar-refractivity contribution in [3.63, 3.8) is 0 Å². The summed E-state index contributed by atoms with van der Waals surface area (Å²) in [7, 11) is 0. The Bertz CT molecular complexity index is 873. The Kier molecular flexibility index (Phi) is 10.5. The SMILES string of the molecule is CC[C@H](C)NC(=O)[C@H](C)N(Cc1c(Cl)cccc1Cl)C(=O)CCSc1ccc(Cl)cc1. The fraction of sp³-hybridized carbons (Fsp3) is 0.391. The first-order valence-corrected chi connectivity index (χ1v) is 12.3. The lowest BCUT2D eigenvalue weighted by Gasteiger charge is -2.30. The number of nitrogens with one attached hydrogen (secondary N) is 1. The second-order valence-corrected chi connectivity index (χ2v) is 9.69. The van der Waals surface area contributed by atoms with Crippen LogP contribution < -0.4 is 5.32 Å². The molecular formula is C23H27Cl3N2O2S. The quantitative estimate of drug-likeness (QED) is 0.380. The Hall–Kier alpha value is -1.40. The van der Waals surface area contributed by atoms with Gasteiger partial charge in [0.1, 0.15) is 6.04 Å². The molecule has 2 amide bonds. The molecule has 0 aliphatic heterocycles. The molecule has 0 unspecified atom stereocenters. The first-order valence-electron chi connectivity index (χ1n) is 10.1. The molecule has 1 N–H and O–H groups in total. The van der Waals surface area contributed by atoms with Gasteiger partial charge in [0, 0.05) is 50.3 Å². The van der Waals surface area contributed by atoms with E-state index in [9.17, 15) is 9.59 Å². The third kappa shape index (κ3) is 7.90. The highest BCUT2D eigenvalue weighted by atomic mass is 35.5. The molecule has 0 bridgehead atoms. The summed E-state index contributed by atoms with van der Waals surface area (Å²) in [6.07, 6.45) is 1.08. The second kappa shape index (κ2) is 12.6. The highest BCUT2D eigenvalue weighted by molar-refractivity contribution is 7.99. The van der Waals surface area contributed by atoms with Gasteiger partial charge in [-0.1, -0.05) is 47.8 Å². The molecule has 2 rings (SSSR count). The van der Waals surface area contributed by atoms with E-state index in [0.29, 0.717) is 26.4 Å². The van der Waals surface area contributed by atoms with Crippen molar-refractivity contribution in [3.05, 3.63) is 63.1 Å². The number of hydrogen-bond donors (Lipinski definition) is 1. The Labute approximate surface area is 203 Å². The number of carbonyl (C=O) groups excluding carboxylic acids is 2. The molecule has 0 heterocycles. The standard InChI is InChI=1S/C23H27Cl3N2O2S/c1-4-15(2)27-23(30)16(3)28(14-19-20(25)6-5-7-21(19)26)22(29)12-13-31-18-10-8-17(24)9-11-18/h5-11,15-16H,4,12-14H2,1-3H3,(H,27,30)/t15-,16-/m0/s1. The third-order valence-electron chi connectivity index (χ3n) is 4.96. The van der Waals surface area contributed by atoms with Crippen molar-refractivity contribution in [2.24, 2.45) is 0 Å². The smallest absolute Gasteiger partial charge is 0.242 e. The Morgan fingerprint density at radius 3 is 2.23 bits per heavy atom. The van der Waals surface area contributed by atoms with E-state index in [1.54, 1.807) is 41.8 Å². The molecule has 0 aliphatic rings. The molecule has 0 aliphatic carbocycles. The van der Waals surface area contributed by atoms with Gasteiger partial charge in [0.2, 0.25) is 11.8 Å². The summed E-state index contributed by atoms with van der Waals surface area (Å²) in [6.45, 7) is 5.82. The molecule has 8 heteroatoms. The zero-order valence-corrected chi connectivity index (χ0v) is 20.9. The maximum Gasteiger partial charge on any atom is 0.242 e. The van der Waals surface area contributed by atoms with Gasteiger partial charge in [0.05, 0.1) is 0 Å². The normalized spacial score (nSPS) is 12.8. The number of rotatable bonds is 10. The van der Waals surface area contributed by atoms with Crippen molar-refractivity contribution in [2.45, 2.75) is 57.1 Å².